The van der Waals surface area contributed by atoms with Gasteiger partial charge >= 0.3 is 18.3 Å². The number of ether oxygens (including phenoxy) is 2. The van der Waals surface area contributed by atoms with Crippen molar-refractivity contribution in [3.05, 3.63) is 29.3 Å². The third-order valence-electron chi connectivity index (χ3n) is 12.0. The fourth-order valence-electron chi connectivity index (χ4n) is 9.02. The van der Waals surface area contributed by atoms with Crippen LogP contribution in [0.25, 0.3) is 0 Å². The zero-order valence-corrected chi connectivity index (χ0v) is 32.3. The van der Waals surface area contributed by atoms with Gasteiger partial charge in [-0.3, -0.25) is 24.3 Å². The van der Waals surface area contributed by atoms with Crippen LogP contribution >= 0.6 is 12.2 Å². The minimum Gasteiger partial charge on any atom is -0.468 e. The third kappa shape index (κ3) is 9.00. The van der Waals surface area contributed by atoms with Crippen molar-refractivity contribution in [3.8, 4) is 6.07 Å². The maximum atomic E-state index is 14.1. The minimum atomic E-state index is -4.50. The van der Waals surface area contributed by atoms with Crippen molar-refractivity contribution in [3.63, 3.8) is 0 Å². The van der Waals surface area contributed by atoms with E-state index in [0.717, 1.165) is 12.0 Å². The number of methoxy groups -OCH3 is 1. The van der Waals surface area contributed by atoms with Crippen molar-refractivity contribution in [1.29, 1.82) is 5.26 Å². The first kappa shape index (κ1) is 42.1. The Morgan fingerprint density at radius 2 is 1.72 bits per heavy atom. The van der Waals surface area contributed by atoms with Gasteiger partial charge in [0.1, 0.15) is 11.6 Å². The summed E-state index contributed by atoms with van der Waals surface area (Å²) in [5.41, 5.74) is 0.234. The van der Waals surface area contributed by atoms with Gasteiger partial charge in [0, 0.05) is 32.2 Å². The van der Waals surface area contributed by atoms with Crippen molar-refractivity contribution in [2.24, 2.45) is 17.8 Å². The number of hydrogen-bond acceptors (Lipinski definition) is 8. The van der Waals surface area contributed by atoms with Gasteiger partial charge in [0.2, 0.25) is 0 Å². The summed E-state index contributed by atoms with van der Waals surface area (Å²) in [6, 6.07) is 5.22. The maximum Gasteiger partial charge on any atom is 0.405 e. The van der Waals surface area contributed by atoms with E-state index in [1.807, 2.05) is 18.7 Å². The first-order valence-corrected chi connectivity index (χ1v) is 19.2. The normalized spacial score (nSPS) is 28.8. The Balaban J connectivity index is 1.22. The Morgan fingerprint density at radius 1 is 1.04 bits per heavy atom. The summed E-state index contributed by atoms with van der Waals surface area (Å²) in [4.78, 5) is 31.9. The van der Waals surface area contributed by atoms with E-state index in [1.54, 1.807) is 36.9 Å². The average molecular weight is 788 g/mol. The van der Waals surface area contributed by atoms with E-state index in [0.29, 0.717) is 67.1 Å². The first-order valence-electron chi connectivity index (χ1n) is 18.8. The summed E-state index contributed by atoms with van der Waals surface area (Å²) in [5.74, 6) is -2.91. The largest absolute Gasteiger partial charge is 0.468 e. The number of nitrogens with zero attached hydrogens (tertiary/aromatic N) is 5. The second-order valence-electron chi connectivity index (χ2n) is 16.0. The lowest BCUT2D eigenvalue weighted by Gasteiger charge is -2.42. The van der Waals surface area contributed by atoms with Crippen LogP contribution in [0.5, 0.6) is 0 Å². The van der Waals surface area contributed by atoms with E-state index < -0.39 is 48.3 Å². The van der Waals surface area contributed by atoms with Gasteiger partial charge in [0.15, 0.2) is 5.11 Å². The molecule has 1 aromatic carbocycles. The lowest BCUT2D eigenvalue weighted by molar-refractivity contribution is -0.199. The van der Waals surface area contributed by atoms with E-state index in [4.69, 9.17) is 17.0 Å². The first-order chi connectivity index (χ1) is 25.3. The zero-order chi connectivity index (χ0) is 39.7. The van der Waals surface area contributed by atoms with Crippen LogP contribution < -0.4 is 4.90 Å². The van der Waals surface area contributed by atoms with E-state index >= 15 is 0 Å². The summed E-state index contributed by atoms with van der Waals surface area (Å²) in [7, 11) is 1.15. The van der Waals surface area contributed by atoms with Crippen LogP contribution in [0.1, 0.15) is 89.7 Å². The van der Waals surface area contributed by atoms with Crippen LogP contribution in [-0.2, 0) is 19.1 Å². The number of hydrogen-bond donors (Lipinski definition) is 0. The Morgan fingerprint density at radius 3 is 2.31 bits per heavy atom. The number of carbonyl (C=O) groups excluding carboxylic acids is 2. The summed E-state index contributed by atoms with van der Waals surface area (Å²) >= 11 is 5.96. The van der Waals surface area contributed by atoms with Gasteiger partial charge in [-0.2, -0.15) is 31.6 Å². The number of nitriles is 1. The second kappa shape index (κ2) is 16.6. The van der Waals surface area contributed by atoms with Gasteiger partial charge in [0.25, 0.3) is 5.91 Å². The predicted octanol–water partition coefficient (Wildman–Crippen LogP) is 7.04. The van der Waals surface area contributed by atoms with Gasteiger partial charge in [-0.05, 0) is 113 Å². The van der Waals surface area contributed by atoms with Gasteiger partial charge in [-0.1, -0.05) is 13.8 Å². The van der Waals surface area contributed by atoms with E-state index in [2.05, 4.69) is 10.8 Å². The molecule has 9 nitrogen and oxygen atoms in total. The second-order valence-corrected chi connectivity index (χ2v) is 16.4. The fraction of sp³-hybridized carbons (Fsp3) is 0.737. The number of alkyl halides is 6. The number of esters is 1. The summed E-state index contributed by atoms with van der Waals surface area (Å²) in [6.07, 6.45) is -5.99. The average Bonchev–Trinajstić information content (AvgIpc) is 3.29. The summed E-state index contributed by atoms with van der Waals surface area (Å²) < 4.78 is 93.9. The molecule has 2 saturated heterocycles. The molecular weight excluding hydrogens is 737 g/mol. The number of rotatable bonds is 10. The van der Waals surface area contributed by atoms with Crippen LogP contribution in [0.4, 0.5) is 32.0 Å². The summed E-state index contributed by atoms with van der Waals surface area (Å²) in [6.45, 7) is 7.90. The molecule has 5 rings (SSSR count). The Labute approximate surface area is 318 Å². The highest BCUT2D eigenvalue weighted by atomic mass is 32.1. The smallest absolute Gasteiger partial charge is 0.405 e. The lowest BCUT2D eigenvalue weighted by atomic mass is 9.66. The SMILES string of the molecule is COC(=O)CN1CCN(CCO[C@H]2CC[C@H](N3C(=S)N(c4ccc(C#N)c(C5CC(C(F)(F)F)CCC5C(C)C)c4)C(=O)C3(C)C)CC2)C[C@@H]1C(F)(F)F. The van der Waals surface area contributed by atoms with Gasteiger partial charge in [0.05, 0.1) is 49.6 Å². The molecule has 2 heterocycles. The Kier molecular flexibility index (Phi) is 13.0. The number of benzene rings is 1. The molecule has 300 valence electrons. The Hall–Kier alpha value is -3.00. The topological polar surface area (TPSA) is 89.3 Å². The van der Waals surface area contributed by atoms with E-state index in [-0.39, 0.29) is 62.4 Å². The number of carbonyl (C=O) groups is 2. The highest BCUT2D eigenvalue weighted by Crippen LogP contribution is 2.50. The van der Waals surface area contributed by atoms with Gasteiger partial charge in [-0.15, -0.1) is 0 Å². The molecule has 3 unspecified atom stereocenters. The number of piperazine rings is 1. The van der Waals surface area contributed by atoms with Crippen LogP contribution in [0.2, 0.25) is 0 Å². The van der Waals surface area contributed by atoms with Gasteiger partial charge in [-0.25, -0.2) is 0 Å². The van der Waals surface area contributed by atoms with E-state index in [1.165, 1.54) is 4.90 Å². The van der Waals surface area contributed by atoms with Crippen LogP contribution in [0.15, 0.2) is 18.2 Å². The molecule has 0 radical (unpaired) electrons. The molecule has 2 aliphatic heterocycles. The molecule has 2 saturated carbocycles. The van der Waals surface area contributed by atoms with Crippen molar-refractivity contribution < 1.29 is 45.4 Å². The molecule has 4 aliphatic rings. The minimum absolute atomic E-state index is 0.0506. The lowest BCUT2D eigenvalue weighted by Crippen LogP contribution is -2.60. The maximum absolute atomic E-state index is 14.1. The number of anilines is 1. The quantitative estimate of drug-likeness (QED) is 0.141. The fourth-order valence-corrected chi connectivity index (χ4v) is 9.59. The molecule has 16 heteroatoms. The molecule has 54 heavy (non-hydrogen) atoms. The number of amides is 1. The van der Waals surface area contributed by atoms with Crippen molar-refractivity contribution >= 4 is 34.9 Å². The molecular formula is C38H51F6N5O4S. The molecule has 1 aromatic rings. The van der Waals surface area contributed by atoms with Crippen molar-refractivity contribution in [2.75, 3.05) is 51.3 Å². The molecule has 2 aliphatic carbocycles. The molecule has 4 atom stereocenters. The molecule has 4 fully saturated rings. The number of halogens is 6. The molecule has 0 aromatic heterocycles. The predicted molar refractivity (Wildman–Crippen MR) is 193 cm³/mol. The summed E-state index contributed by atoms with van der Waals surface area (Å²) in [5, 5.41) is 10.3. The Bertz CT molecular complexity index is 1570. The van der Waals surface area contributed by atoms with Crippen molar-refractivity contribution in [2.45, 2.75) is 115 Å². The highest BCUT2D eigenvalue weighted by Gasteiger charge is 2.53. The molecule has 0 bridgehead atoms. The monoisotopic (exact) mass is 787 g/mol. The molecule has 0 N–H and O–H groups in total. The van der Waals surface area contributed by atoms with Crippen LogP contribution in [0, 0.1) is 29.1 Å². The molecule has 0 spiro atoms. The van der Waals surface area contributed by atoms with Crippen molar-refractivity contribution in [1.82, 2.24) is 14.7 Å². The standard InChI is InChI=1S/C38H51F6N5O4S/c1-23(2)29-13-7-25(37(39,40)41)18-31(29)30-19-27(8-6-24(30)20-45)48-34(51)36(3,4)49(35(48)54)26-9-11-28(12-10-26)53-17-16-46-14-15-47(22-33(50)52-5)32(21-46)38(42,43)44/h6,8,19,23,25-26,28-29,31-32H,7,9-18,21-22H2,1-5H3/t25?,26-,28-,29?,31?,32-/m1/s1. The third-order valence-corrected chi connectivity index (χ3v) is 12.4. The number of thiocarbonyl (C=S) groups is 1. The van der Waals surface area contributed by atoms with Crippen LogP contribution in [0.3, 0.4) is 0 Å². The van der Waals surface area contributed by atoms with Gasteiger partial charge < -0.3 is 14.4 Å². The molecule has 1 amide bonds. The van der Waals surface area contributed by atoms with Crippen LogP contribution in [-0.4, -0.2) is 114 Å². The zero-order valence-electron chi connectivity index (χ0n) is 31.5. The van der Waals surface area contributed by atoms with E-state index in [9.17, 15) is 41.2 Å². The highest BCUT2D eigenvalue weighted by molar-refractivity contribution is 7.80.